The number of aromatic carboxylic acids is 1. The van der Waals surface area contributed by atoms with Crippen LogP contribution in [-0.4, -0.2) is 45.6 Å². The van der Waals surface area contributed by atoms with Gasteiger partial charge < -0.3 is 15.3 Å². The lowest BCUT2D eigenvalue weighted by Crippen LogP contribution is -2.47. The third kappa shape index (κ3) is 4.14. The van der Waals surface area contributed by atoms with Crippen LogP contribution in [0.3, 0.4) is 0 Å². The SMILES string of the molecule is CC1(C)CN(C(=O)Nc2cc(C(=O)O)ccc2Br)CCS1. The first-order valence-electron chi connectivity index (χ1n) is 6.51. The van der Waals surface area contributed by atoms with Crippen molar-refractivity contribution in [2.24, 2.45) is 0 Å². The number of amides is 2. The van der Waals surface area contributed by atoms with Gasteiger partial charge in [0.2, 0.25) is 0 Å². The minimum Gasteiger partial charge on any atom is -0.478 e. The molecule has 0 radical (unpaired) electrons. The highest BCUT2D eigenvalue weighted by Gasteiger charge is 2.29. The van der Waals surface area contributed by atoms with Gasteiger partial charge in [0.05, 0.1) is 11.3 Å². The summed E-state index contributed by atoms with van der Waals surface area (Å²) in [4.78, 5) is 25.1. The van der Waals surface area contributed by atoms with Crippen molar-refractivity contribution in [2.45, 2.75) is 18.6 Å². The topological polar surface area (TPSA) is 69.6 Å². The molecule has 21 heavy (non-hydrogen) atoms. The highest BCUT2D eigenvalue weighted by molar-refractivity contribution is 9.10. The summed E-state index contributed by atoms with van der Waals surface area (Å²) < 4.78 is 0.696. The average Bonchev–Trinajstić information content (AvgIpc) is 2.39. The summed E-state index contributed by atoms with van der Waals surface area (Å²) in [6.45, 7) is 5.58. The van der Waals surface area contributed by atoms with Crippen molar-refractivity contribution in [2.75, 3.05) is 24.2 Å². The van der Waals surface area contributed by atoms with E-state index in [1.54, 1.807) is 11.0 Å². The van der Waals surface area contributed by atoms with Gasteiger partial charge in [0.15, 0.2) is 0 Å². The molecule has 114 valence electrons. The summed E-state index contributed by atoms with van der Waals surface area (Å²) in [5.41, 5.74) is 0.610. The monoisotopic (exact) mass is 372 g/mol. The number of carboxylic acid groups (broad SMARTS) is 1. The number of carbonyl (C=O) groups excluding carboxylic acids is 1. The van der Waals surface area contributed by atoms with Crippen molar-refractivity contribution >= 4 is 45.4 Å². The van der Waals surface area contributed by atoms with E-state index in [4.69, 9.17) is 5.11 Å². The van der Waals surface area contributed by atoms with E-state index in [1.807, 2.05) is 11.8 Å². The number of carbonyl (C=O) groups is 2. The molecule has 0 saturated carbocycles. The van der Waals surface area contributed by atoms with Gasteiger partial charge in [0.1, 0.15) is 0 Å². The van der Waals surface area contributed by atoms with Gasteiger partial charge in [0, 0.05) is 28.1 Å². The Hall–Kier alpha value is -1.21. The second-order valence-electron chi connectivity index (χ2n) is 5.46. The Morgan fingerprint density at radius 3 is 2.76 bits per heavy atom. The molecule has 5 nitrogen and oxygen atoms in total. The van der Waals surface area contributed by atoms with Crippen molar-refractivity contribution in [1.82, 2.24) is 4.90 Å². The highest BCUT2D eigenvalue weighted by atomic mass is 79.9. The maximum absolute atomic E-state index is 12.3. The fourth-order valence-corrected chi connectivity index (χ4v) is 3.60. The molecule has 0 atom stereocenters. The maximum atomic E-state index is 12.3. The summed E-state index contributed by atoms with van der Waals surface area (Å²) in [5.74, 6) is -0.120. The molecule has 0 aromatic heterocycles. The van der Waals surface area contributed by atoms with Crippen molar-refractivity contribution < 1.29 is 14.7 Å². The zero-order valence-corrected chi connectivity index (χ0v) is 14.3. The molecule has 0 aliphatic carbocycles. The van der Waals surface area contributed by atoms with E-state index < -0.39 is 5.97 Å². The zero-order chi connectivity index (χ0) is 15.6. The van der Waals surface area contributed by atoms with E-state index in [0.29, 0.717) is 23.2 Å². The first kappa shape index (κ1) is 16.2. The highest BCUT2D eigenvalue weighted by Crippen LogP contribution is 2.30. The number of anilines is 1. The fraction of sp³-hybridized carbons (Fsp3) is 0.429. The quantitative estimate of drug-likeness (QED) is 0.833. The van der Waals surface area contributed by atoms with Crippen LogP contribution in [0.4, 0.5) is 10.5 Å². The lowest BCUT2D eigenvalue weighted by Gasteiger charge is -2.37. The smallest absolute Gasteiger partial charge is 0.335 e. The Balaban J connectivity index is 2.12. The Kier molecular flexibility index (Phi) is 4.83. The summed E-state index contributed by atoms with van der Waals surface area (Å²) in [7, 11) is 0. The predicted octanol–water partition coefficient (Wildman–Crippen LogP) is 3.51. The largest absolute Gasteiger partial charge is 0.478 e. The average molecular weight is 373 g/mol. The second-order valence-corrected chi connectivity index (χ2v) is 8.12. The van der Waals surface area contributed by atoms with Crippen LogP contribution in [0.1, 0.15) is 24.2 Å². The molecule has 7 heteroatoms. The molecule has 1 aromatic rings. The molecule has 1 fully saturated rings. The van der Waals surface area contributed by atoms with Gasteiger partial charge in [-0.1, -0.05) is 0 Å². The molecule has 2 rings (SSSR count). The number of urea groups is 1. The molecule has 0 bridgehead atoms. The van der Waals surface area contributed by atoms with Crippen molar-refractivity contribution in [3.8, 4) is 0 Å². The molecule has 1 heterocycles. The number of nitrogens with one attached hydrogen (secondary N) is 1. The molecule has 2 amide bonds. The van der Waals surface area contributed by atoms with Crippen LogP contribution in [0.5, 0.6) is 0 Å². The molecule has 1 aliphatic heterocycles. The van der Waals surface area contributed by atoms with E-state index in [-0.39, 0.29) is 16.3 Å². The third-order valence-corrected chi connectivity index (χ3v) is 5.16. The Morgan fingerprint density at radius 2 is 2.14 bits per heavy atom. The molecule has 1 aliphatic rings. The number of thioether (sulfide) groups is 1. The van der Waals surface area contributed by atoms with Gasteiger partial charge in [-0.15, -0.1) is 0 Å². The van der Waals surface area contributed by atoms with Crippen molar-refractivity contribution in [3.05, 3.63) is 28.2 Å². The fourth-order valence-electron chi connectivity index (χ4n) is 2.14. The molecule has 2 N–H and O–H groups in total. The van der Waals surface area contributed by atoms with Crippen molar-refractivity contribution in [1.29, 1.82) is 0 Å². The van der Waals surface area contributed by atoms with Gasteiger partial charge >= 0.3 is 12.0 Å². The number of benzene rings is 1. The summed E-state index contributed by atoms with van der Waals surface area (Å²) in [6.07, 6.45) is 0. The third-order valence-electron chi connectivity index (χ3n) is 3.17. The van der Waals surface area contributed by atoms with Gasteiger partial charge in [-0.25, -0.2) is 9.59 Å². The van der Waals surface area contributed by atoms with Crippen LogP contribution < -0.4 is 5.32 Å². The van der Waals surface area contributed by atoms with Crippen LogP contribution in [-0.2, 0) is 0 Å². The Morgan fingerprint density at radius 1 is 1.43 bits per heavy atom. The molecule has 1 saturated heterocycles. The molecular weight excluding hydrogens is 356 g/mol. The number of hydrogen-bond donors (Lipinski definition) is 2. The number of nitrogens with zero attached hydrogens (tertiary/aromatic N) is 1. The van der Waals surface area contributed by atoms with E-state index in [0.717, 1.165) is 5.75 Å². The van der Waals surface area contributed by atoms with E-state index in [2.05, 4.69) is 35.1 Å². The van der Waals surface area contributed by atoms with Crippen LogP contribution in [0.15, 0.2) is 22.7 Å². The Bertz CT molecular complexity index is 577. The van der Waals surface area contributed by atoms with E-state index in [1.165, 1.54) is 12.1 Å². The molecule has 1 aromatic carbocycles. The molecular formula is C14H17BrN2O3S. The van der Waals surface area contributed by atoms with Gasteiger partial charge in [0.25, 0.3) is 0 Å². The first-order valence-corrected chi connectivity index (χ1v) is 8.29. The normalized spacial score (nSPS) is 17.4. The summed E-state index contributed by atoms with van der Waals surface area (Å²) in [6, 6.07) is 4.36. The summed E-state index contributed by atoms with van der Waals surface area (Å²) in [5, 5.41) is 11.8. The standard InChI is InChI=1S/C14H17BrN2O3S/c1-14(2)8-17(5-6-21-14)13(20)16-11-7-9(12(18)19)3-4-10(11)15/h3-4,7H,5-6,8H2,1-2H3,(H,16,20)(H,18,19). The predicted molar refractivity (Wildman–Crippen MR) is 88.2 cm³/mol. The minimum absolute atomic E-state index is 0.0374. The Labute approximate surface area is 136 Å². The van der Waals surface area contributed by atoms with Crippen LogP contribution in [0.25, 0.3) is 0 Å². The second kappa shape index (κ2) is 6.27. The minimum atomic E-state index is -1.02. The maximum Gasteiger partial charge on any atom is 0.335 e. The lowest BCUT2D eigenvalue weighted by atomic mass is 10.2. The lowest BCUT2D eigenvalue weighted by molar-refractivity contribution is 0.0697. The van der Waals surface area contributed by atoms with Crippen LogP contribution >= 0.6 is 27.7 Å². The van der Waals surface area contributed by atoms with Gasteiger partial charge in [-0.3, -0.25) is 0 Å². The van der Waals surface area contributed by atoms with Crippen molar-refractivity contribution in [3.63, 3.8) is 0 Å². The summed E-state index contributed by atoms with van der Waals surface area (Å²) >= 11 is 5.17. The number of carboxylic acids is 1. The zero-order valence-electron chi connectivity index (χ0n) is 11.9. The van der Waals surface area contributed by atoms with Crippen LogP contribution in [0.2, 0.25) is 0 Å². The number of hydrogen-bond acceptors (Lipinski definition) is 3. The van der Waals surface area contributed by atoms with Gasteiger partial charge in [-0.05, 0) is 48.0 Å². The van der Waals surface area contributed by atoms with E-state index >= 15 is 0 Å². The van der Waals surface area contributed by atoms with Gasteiger partial charge in [-0.2, -0.15) is 11.8 Å². The first-order chi connectivity index (χ1) is 9.78. The molecule has 0 unspecified atom stereocenters. The number of rotatable bonds is 2. The number of halogens is 1. The van der Waals surface area contributed by atoms with Crippen LogP contribution in [0, 0.1) is 0 Å². The van der Waals surface area contributed by atoms with E-state index in [9.17, 15) is 9.59 Å². The molecule has 0 spiro atoms.